The van der Waals surface area contributed by atoms with Crippen LogP contribution in [0, 0.1) is 17.3 Å². The zero-order chi connectivity index (χ0) is 18.7. The van der Waals surface area contributed by atoms with Gasteiger partial charge in [0.25, 0.3) is 0 Å². The predicted octanol–water partition coefficient (Wildman–Crippen LogP) is 5.32. The van der Waals surface area contributed by atoms with Crippen LogP contribution in [-0.2, 0) is 11.2 Å². The summed E-state index contributed by atoms with van der Waals surface area (Å²) in [7, 11) is 0. The van der Waals surface area contributed by atoms with Gasteiger partial charge in [-0.15, -0.1) is 0 Å². The Morgan fingerprint density at radius 1 is 1.19 bits per heavy atom. The number of rotatable bonds is 2. The molecule has 0 saturated heterocycles. The van der Waals surface area contributed by atoms with Gasteiger partial charge in [-0.3, -0.25) is 0 Å². The van der Waals surface area contributed by atoms with E-state index in [2.05, 4.69) is 13.0 Å². The molecule has 3 aliphatic rings. The Balaban J connectivity index is 1.56. The summed E-state index contributed by atoms with van der Waals surface area (Å²) in [5.74, 6) is 2.08. The summed E-state index contributed by atoms with van der Waals surface area (Å²) in [6.07, 6.45) is 4.78. The SMILES string of the molecule is C[C@]12CC[C@@H]3c4ccc(O)cc4CC[C@@H]3[C@H]1CC[C@@H]2O[C@H](O)C(Cl)(Cl)Cl. The van der Waals surface area contributed by atoms with Crippen LogP contribution in [0.15, 0.2) is 18.2 Å². The van der Waals surface area contributed by atoms with Crippen LogP contribution in [0.1, 0.15) is 56.1 Å². The number of alkyl halides is 3. The van der Waals surface area contributed by atoms with E-state index in [1.54, 1.807) is 0 Å². The number of phenolic OH excluding ortho intramolecular Hbond substituents is 1. The molecule has 0 bridgehead atoms. The van der Waals surface area contributed by atoms with E-state index in [4.69, 9.17) is 39.5 Å². The third-order valence-corrected chi connectivity index (χ3v) is 7.76. The van der Waals surface area contributed by atoms with Crippen LogP contribution < -0.4 is 0 Å². The molecule has 6 heteroatoms. The first-order valence-corrected chi connectivity index (χ1v) is 10.6. The summed E-state index contributed by atoms with van der Waals surface area (Å²) in [5, 5.41) is 19.9. The Hall–Kier alpha value is -0.190. The minimum absolute atomic E-state index is 0.00643. The number of hydrogen-bond donors (Lipinski definition) is 2. The van der Waals surface area contributed by atoms with Crippen molar-refractivity contribution >= 4 is 34.8 Å². The molecule has 0 radical (unpaired) electrons. The highest BCUT2D eigenvalue weighted by molar-refractivity contribution is 6.67. The van der Waals surface area contributed by atoms with Gasteiger partial charge in [0, 0.05) is 0 Å². The van der Waals surface area contributed by atoms with Crippen molar-refractivity contribution in [2.24, 2.45) is 17.3 Å². The van der Waals surface area contributed by atoms with E-state index < -0.39 is 10.1 Å². The van der Waals surface area contributed by atoms with Crippen molar-refractivity contribution in [2.45, 2.75) is 67.6 Å². The van der Waals surface area contributed by atoms with Gasteiger partial charge in [-0.2, -0.15) is 0 Å². The third-order valence-electron chi connectivity index (χ3n) is 7.20. The normalized spacial score (nSPS) is 37.6. The van der Waals surface area contributed by atoms with E-state index in [9.17, 15) is 10.2 Å². The molecule has 0 amide bonds. The fourth-order valence-corrected chi connectivity index (χ4v) is 6.13. The van der Waals surface area contributed by atoms with E-state index >= 15 is 0 Å². The van der Waals surface area contributed by atoms with Crippen LogP contribution in [0.2, 0.25) is 0 Å². The molecule has 3 nitrogen and oxygen atoms in total. The summed E-state index contributed by atoms with van der Waals surface area (Å²) >= 11 is 17.4. The molecule has 1 aromatic carbocycles. The fourth-order valence-electron chi connectivity index (χ4n) is 5.98. The molecule has 0 spiro atoms. The molecule has 0 aliphatic heterocycles. The summed E-state index contributed by atoms with van der Waals surface area (Å²) < 4.78 is 4.02. The molecular weight excluding hydrogens is 395 g/mol. The number of aliphatic hydroxyl groups excluding tert-OH is 1. The van der Waals surface area contributed by atoms with Crippen LogP contribution in [0.3, 0.4) is 0 Å². The van der Waals surface area contributed by atoms with Crippen molar-refractivity contribution in [3.05, 3.63) is 29.3 Å². The highest BCUT2D eigenvalue weighted by atomic mass is 35.6. The van der Waals surface area contributed by atoms with E-state index in [0.29, 0.717) is 23.5 Å². The Bertz CT molecular complexity index is 689. The number of benzene rings is 1. The van der Waals surface area contributed by atoms with Crippen molar-refractivity contribution < 1.29 is 14.9 Å². The molecule has 1 aromatic rings. The highest BCUT2D eigenvalue weighted by Crippen LogP contribution is 2.62. The summed E-state index contributed by atoms with van der Waals surface area (Å²) in [4.78, 5) is 0. The summed E-state index contributed by atoms with van der Waals surface area (Å²) in [6, 6.07) is 5.85. The predicted molar refractivity (Wildman–Crippen MR) is 104 cm³/mol. The molecule has 3 aliphatic carbocycles. The first kappa shape index (κ1) is 19.1. The number of halogens is 3. The lowest BCUT2D eigenvalue weighted by Gasteiger charge is -2.51. The Kier molecular flexibility index (Phi) is 4.93. The number of ether oxygens (including phenoxy) is 1. The standard InChI is InChI=1S/C20H25Cl3O3/c1-19-9-8-14-13-5-3-12(24)10-11(13)2-4-15(14)16(19)6-7-17(19)26-18(25)20(21,22)23/h3,5,10,14-18,24-25H,2,4,6-9H2,1H3/t14-,15+,16-,17+,18+,19+/m1/s1. The second-order valence-corrected chi connectivity index (χ2v) is 10.8. The molecule has 0 unspecified atom stereocenters. The number of aryl methyl sites for hydroxylation is 1. The van der Waals surface area contributed by atoms with Crippen molar-refractivity contribution in [1.82, 2.24) is 0 Å². The topological polar surface area (TPSA) is 49.7 Å². The van der Waals surface area contributed by atoms with Crippen LogP contribution in [0.4, 0.5) is 0 Å². The van der Waals surface area contributed by atoms with E-state index in [-0.39, 0.29) is 11.5 Å². The highest BCUT2D eigenvalue weighted by Gasteiger charge is 2.56. The lowest BCUT2D eigenvalue weighted by atomic mass is 9.55. The number of aliphatic hydroxyl groups is 1. The molecule has 4 rings (SSSR count). The van der Waals surface area contributed by atoms with Gasteiger partial charge in [-0.1, -0.05) is 47.8 Å². The maximum atomic E-state index is 10.1. The molecular formula is C20H25Cl3O3. The van der Waals surface area contributed by atoms with Gasteiger partial charge in [0.15, 0.2) is 0 Å². The molecule has 2 N–H and O–H groups in total. The number of hydrogen-bond acceptors (Lipinski definition) is 3. The summed E-state index contributed by atoms with van der Waals surface area (Å²) in [6.45, 7) is 2.28. The maximum absolute atomic E-state index is 10.1. The van der Waals surface area contributed by atoms with Gasteiger partial charge in [-0.05, 0) is 85.0 Å². The molecule has 0 aromatic heterocycles. The molecule has 0 heterocycles. The molecule has 6 atom stereocenters. The van der Waals surface area contributed by atoms with Gasteiger partial charge in [-0.25, -0.2) is 0 Å². The monoisotopic (exact) mass is 418 g/mol. The quantitative estimate of drug-likeness (QED) is 0.503. The zero-order valence-electron chi connectivity index (χ0n) is 14.8. The maximum Gasteiger partial charge on any atom is 0.240 e. The second kappa shape index (κ2) is 6.70. The van der Waals surface area contributed by atoms with Crippen molar-refractivity contribution in [3.63, 3.8) is 0 Å². The molecule has 2 saturated carbocycles. The number of phenols is 1. The third kappa shape index (κ3) is 3.14. The molecule has 2 fully saturated rings. The lowest BCUT2D eigenvalue weighted by molar-refractivity contribution is -0.171. The first-order chi connectivity index (χ1) is 12.2. The van der Waals surface area contributed by atoms with Crippen molar-refractivity contribution in [2.75, 3.05) is 0 Å². The smallest absolute Gasteiger partial charge is 0.240 e. The minimum atomic E-state index is -1.82. The number of fused-ring (bicyclic) bond motifs is 5. The van der Waals surface area contributed by atoms with Gasteiger partial charge in [0.2, 0.25) is 10.1 Å². The average molecular weight is 420 g/mol. The molecule has 144 valence electrons. The average Bonchev–Trinajstić information content (AvgIpc) is 2.90. The van der Waals surface area contributed by atoms with E-state index in [1.807, 2.05) is 12.1 Å². The van der Waals surface area contributed by atoms with Gasteiger partial charge >= 0.3 is 0 Å². The molecule has 26 heavy (non-hydrogen) atoms. The first-order valence-electron chi connectivity index (χ1n) is 9.42. The minimum Gasteiger partial charge on any atom is -0.508 e. The fraction of sp³-hybridized carbons (Fsp3) is 0.700. The van der Waals surface area contributed by atoms with E-state index in [0.717, 1.165) is 38.5 Å². The Labute approximate surface area is 169 Å². The lowest BCUT2D eigenvalue weighted by Crippen LogP contribution is -2.46. The second-order valence-electron chi connectivity index (χ2n) is 8.44. The Morgan fingerprint density at radius 3 is 2.69 bits per heavy atom. The Morgan fingerprint density at radius 2 is 1.96 bits per heavy atom. The summed E-state index contributed by atoms with van der Waals surface area (Å²) in [5.41, 5.74) is 2.71. The van der Waals surface area contributed by atoms with Crippen LogP contribution >= 0.6 is 34.8 Å². The van der Waals surface area contributed by atoms with Crippen molar-refractivity contribution in [1.29, 1.82) is 0 Å². The van der Waals surface area contributed by atoms with Gasteiger partial charge in [0.1, 0.15) is 5.75 Å². The van der Waals surface area contributed by atoms with E-state index in [1.165, 1.54) is 11.1 Å². The van der Waals surface area contributed by atoms with Gasteiger partial charge < -0.3 is 14.9 Å². The van der Waals surface area contributed by atoms with Crippen LogP contribution in [0.25, 0.3) is 0 Å². The largest absolute Gasteiger partial charge is 0.508 e. The van der Waals surface area contributed by atoms with Crippen molar-refractivity contribution in [3.8, 4) is 5.75 Å². The van der Waals surface area contributed by atoms with Crippen LogP contribution in [0.5, 0.6) is 5.75 Å². The van der Waals surface area contributed by atoms with Crippen LogP contribution in [-0.4, -0.2) is 26.4 Å². The number of aromatic hydroxyl groups is 1. The zero-order valence-corrected chi connectivity index (χ0v) is 17.1. The van der Waals surface area contributed by atoms with Gasteiger partial charge in [0.05, 0.1) is 6.10 Å².